The molecule has 1 heterocycles. The highest BCUT2D eigenvalue weighted by Gasteiger charge is 2.32. The Hall–Kier alpha value is -1.75. The Bertz CT molecular complexity index is 536. The van der Waals surface area contributed by atoms with Gasteiger partial charge in [0.1, 0.15) is 5.82 Å². The minimum absolute atomic E-state index is 0.189. The molecule has 0 saturated heterocycles. The first kappa shape index (κ1) is 10.4. The van der Waals surface area contributed by atoms with E-state index in [0.717, 1.165) is 12.8 Å². The van der Waals surface area contributed by atoms with Crippen LogP contribution in [0.15, 0.2) is 28.8 Å². The van der Waals surface area contributed by atoms with E-state index in [4.69, 9.17) is 10.3 Å². The molecule has 1 unspecified atom stereocenters. The van der Waals surface area contributed by atoms with Gasteiger partial charge in [0.2, 0.25) is 0 Å². The number of halogens is 1. The summed E-state index contributed by atoms with van der Waals surface area (Å²) in [5.41, 5.74) is 6.27. The van der Waals surface area contributed by atoms with Gasteiger partial charge in [-0.3, -0.25) is 0 Å². The van der Waals surface area contributed by atoms with Crippen LogP contribution >= 0.6 is 0 Å². The third-order valence-electron chi connectivity index (χ3n) is 2.97. The van der Waals surface area contributed by atoms with Crippen molar-refractivity contribution in [1.29, 1.82) is 0 Å². The molecule has 0 aliphatic heterocycles. The number of rotatable bonds is 3. The zero-order valence-corrected chi connectivity index (χ0v) is 9.14. The van der Waals surface area contributed by atoms with Crippen molar-refractivity contribution in [2.24, 2.45) is 11.7 Å². The molecular weight excluding hydrogens is 221 g/mol. The molecule has 1 fully saturated rings. The molecule has 1 aromatic heterocycles. The third kappa shape index (κ3) is 1.93. The summed E-state index contributed by atoms with van der Waals surface area (Å²) in [7, 11) is 0. The Kier molecular flexibility index (Phi) is 2.40. The quantitative estimate of drug-likeness (QED) is 0.883. The van der Waals surface area contributed by atoms with Crippen LogP contribution in [0.5, 0.6) is 0 Å². The van der Waals surface area contributed by atoms with E-state index in [1.807, 2.05) is 0 Å². The highest BCUT2D eigenvalue weighted by molar-refractivity contribution is 5.53. The first-order valence-electron chi connectivity index (χ1n) is 5.60. The van der Waals surface area contributed by atoms with Crippen molar-refractivity contribution in [2.45, 2.75) is 18.9 Å². The van der Waals surface area contributed by atoms with Crippen LogP contribution in [0.1, 0.15) is 24.7 Å². The van der Waals surface area contributed by atoms with Gasteiger partial charge in [0.15, 0.2) is 5.82 Å². The van der Waals surface area contributed by atoms with Crippen molar-refractivity contribution in [1.82, 2.24) is 10.1 Å². The van der Waals surface area contributed by atoms with E-state index in [-0.39, 0.29) is 17.7 Å². The van der Waals surface area contributed by atoms with Gasteiger partial charge in [-0.2, -0.15) is 4.98 Å². The number of nitrogens with two attached hydrogens (primary N) is 1. The molecule has 2 aromatic rings. The Labute approximate surface area is 97.6 Å². The molecule has 1 aliphatic carbocycles. The lowest BCUT2D eigenvalue weighted by Crippen LogP contribution is -2.13. The first-order valence-corrected chi connectivity index (χ1v) is 5.60. The molecule has 0 bridgehead atoms. The molecule has 2 N–H and O–H groups in total. The van der Waals surface area contributed by atoms with Crippen LogP contribution < -0.4 is 5.73 Å². The number of aromatic nitrogens is 2. The lowest BCUT2D eigenvalue weighted by Gasteiger charge is -2.01. The largest absolute Gasteiger partial charge is 0.334 e. The average molecular weight is 233 g/mol. The Morgan fingerprint density at radius 1 is 1.35 bits per heavy atom. The van der Waals surface area contributed by atoms with Crippen LogP contribution in [-0.2, 0) is 0 Å². The normalized spacial score (nSPS) is 17.1. The van der Waals surface area contributed by atoms with Gasteiger partial charge >= 0.3 is 0 Å². The van der Waals surface area contributed by atoms with E-state index in [1.165, 1.54) is 6.07 Å². The first-order chi connectivity index (χ1) is 8.25. The van der Waals surface area contributed by atoms with Gasteiger partial charge in [-0.15, -0.1) is 0 Å². The van der Waals surface area contributed by atoms with E-state index in [9.17, 15) is 4.39 Å². The maximum Gasteiger partial charge on any atom is 0.260 e. The maximum absolute atomic E-state index is 13.5. The molecule has 0 radical (unpaired) electrons. The summed E-state index contributed by atoms with van der Waals surface area (Å²) in [5, 5.41) is 3.82. The fourth-order valence-corrected chi connectivity index (χ4v) is 1.78. The standard InChI is InChI=1S/C12H12FN3O/c13-9-4-2-1-3-8(9)12-15-11(16-17-12)10(14)7-5-6-7/h1-4,7,10H,5-6,14H2. The average Bonchev–Trinajstić information content (AvgIpc) is 3.07. The summed E-state index contributed by atoms with van der Waals surface area (Å²) in [6.45, 7) is 0. The molecule has 0 amide bonds. The summed E-state index contributed by atoms with van der Waals surface area (Å²) in [6, 6.07) is 6.11. The van der Waals surface area contributed by atoms with Crippen LogP contribution in [0.2, 0.25) is 0 Å². The summed E-state index contributed by atoms with van der Waals surface area (Å²) in [4.78, 5) is 4.16. The lowest BCUT2D eigenvalue weighted by molar-refractivity contribution is 0.410. The highest BCUT2D eigenvalue weighted by atomic mass is 19.1. The van der Waals surface area contributed by atoms with Crippen molar-refractivity contribution >= 4 is 0 Å². The van der Waals surface area contributed by atoms with Crippen molar-refractivity contribution < 1.29 is 8.91 Å². The van der Waals surface area contributed by atoms with Gasteiger partial charge in [-0.25, -0.2) is 4.39 Å². The van der Waals surface area contributed by atoms with Gasteiger partial charge in [0, 0.05) is 0 Å². The summed E-state index contributed by atoms with van der Waals surface area (Å²) in [6.07, 6.45) is 2.20. The van der Waals surface area contributed by atoms with Crippen LogP contribution in [0.3, 0.4) is 0 Å². The van der Waals surface area contributed by atoms with Gasteiger partial charge in [0.25, 0.3) is 5.89 Å². The second-order valence-corrected chi connectivity index (χ2v) is 4.30. The zero-order valence-electron chi connectivity index (χ0n) is 9.14. The molecule has 4 nitrogen and oxygen atoms in total. The second-order valence-electron chi connectivity index (χ2n) is 4.30. The number of hydrogen-bond donors (Lipinski definition) is 1. The molecule has 0 spiro atoms. The van der Waals surface area contributed by atoms with E-state index in [2.05, 4.69) is 10.1 Å². The molecule has 17 heavy (non-hydrogen) atoms. The summed E-state index contributed by atoms with van der Waals surface area (Å²) >= 11 is 0. The van der Waals surface area contributed by atoms with Gasteiger partial charge < -0.3 is 10.3 Å². The molecule has 3 rings (SSSR count). The molecule has 88 valence electrons. The van der Waals surface area contributed by atoms with Gasteiger partial charge in [-0.05, 0) is 30.9 Å². The Morgan fingerprint density at radius 3 is 2.82 bits per heavy atom. The number of nitrogens with zero attached hydrogens (tertiary/aromatic N) is 2. The van der Waals surface area contributed by atoms with E-state index in [0.29, 0.717) is 17.3 Å². The van der Waals surface area contributed by atoms with Crippen molar-refractivity contribution in [3.05, 3.63) is 35.9 Å². The monoisotopic (exact) mass is 233 g/mol. The second kappa shape index (κ2) is 3.92. The zero-order chi connectivity index (χ0) is 11.8. The molecular formula is C12H12FN3O. The minimum atomic E-state index is -0.373. The van der Waals surface area contributed by atoms with E-state index >= 15 is 0 Å². The van der Waals surface area contributed by atoms with Crippen molar-refractivity contribution in [3.8, 4) is 11.5 Å². The maximum atomic E-state index is 13.5. The van der Waals surface area contributed by atoms with E-state index in [1.54, 1.807) is 18.2 Å². The summed E-state index contributed by atoms with van der Waals surface area (Å²) < 4.78 is 18.5. The topological polar surface area (TPSA) is 64.9 Å². The SMILES string of the molecule is NC(c1noc(-c2ccccc2F)n1)C1CC1. The predicted molar refractivity (Wildman–Crippen MR) is 59.3 cm³/mol. The van der Waals surface area contributed by atoms with Crippen LogP contribution in [0.25, 0.3) is 11.5 Å². The van der Waals surface area contributed by atoms with Crippen molar-refractivity contribution in [2.75, 3.05) is 0 Å². The molecule has 5 heteroatoms. The third-order valence-corrected chi connectivity index (χ3v) is 2.97. The molecule has 1 atom stereocenters. The lowest BCUT2D eigenvalue weighted by atomic mass is 10.2. The van der Waals surface area contributed by atoms with E-state index < -0.39 is 0 Å². The van der Waals surface area contributed by atoms with Gasteiger partial charge in [-0.1, -0.05) is 17.3 Å². The molecule has 1 aromatic carbocycles. The van der Waals surface area contributed by atoms with Crippen LogP contribution in [0.4, 0.5) is 4.39 Å². The van der Waals surface area contributed by atoms with Gasteiger partial charge in [0.05, 0.1) is 11.6 Å². The van der Waals surface area contributed by atoms with Crippen LogP contribution in [0, 0.1) is 11.7 Å². The minimum Gasteiger partial charge on any atom is -0.334 e. The Balaban J connectivity index is 1.92. The van der Waals surface area contributed by atoms with Crippen LogP contribution in [-0.4, -0.2) is 10.1 Å². The smallest absolute Gasteiger partial charge is 0.260 e. The van der Waals surface area contributed by atoms with Crippen molar-refractivity contribution in [3.63, 3.8) is 0 Å². The number of benzene rings is 1. The number of hydrogen-bond acceptors (Lipinski definition) is 4. The Morgan fingerprint density at radius 2 is 2.12 bits per heavy atom. The molecule has 1 saturated carbocycles. The fourth-order valence-electron chi connectivity index (χ4n) is 1.78. The fraction of sp³-hybridized carbons (Fsp3) is 0.333. The summed E-state index contributed by atoms with van der Waals surface area (Å²) in [5.74, 6) is 0.726. The predicted octanol–water partition coefficient (Wildman–Crippen LogP) is 2.29. The molecule has 1 aliphatic rings. The highest BCUT2D eigenvalue weighted by Crippen LogP contribution is 2.38.